The molecule has 39 heavy (non-hydrogen) atoms. The number of halogens is 2. The minimum Gasteiger partial charge on any atom is -0.378 e. The Hall–Kier alpha value is -3.51. The van der Waals surface area contributed by atoms with Crippen molar-refractivity contribution in [1.29, 1.82) is 0 Å². The van der Waals surface area contributed by atoms with Crippen LogP contribution in [0.15, 0.2) is 42.6 Å². The zero-order chi connectivity index (χ0) is 27.5. The van der Waals surface area contributed by atoms with Gasteiger partial charge in [-0.1, -0.05) is 23.2 Å². The van der Waals surface area contributed by atoms with Gasteiger partial charge in [0, 0.05) is 61.6 Å². The highest BCUT2D eigenvalue weighted by Gasteiger charge is 2.18. The van der Waals surface area contributed by atoms with Crippen molar-refractivity contribution in [3.63, 3.8) is 0 Å². The van der Waals surface area contributed by atoms with Crippen LogP contribution in [-0.4, -0.2) is 74.1 Å². The number of hydrogen-bond acceptors (Lipinski definition) is 9. The van der Waals surface area contributed by atoms with E-state index in [4.69, 9.17) is 39.0 Å². The van der Waals surface area contributed by atoms with Gasteiger partial charge < -0.3 is 16.0 Å². The number of rotatable bonds is 9. The molecule has 204 valence electrons. The standard InChI is InChI=1S/C26H29Cl2N9O2/c1-34-9-11-35(12-10-34)15-19-14-24-26(30-8-2-3-18-5-7-23(37(38)39)25(29)31-18)32-22(16-36(24)33-19)20-6-4-17(27)13-21(20)28/h4-7,13-14,16H,2-3,8-12,15H2,1H3,(H2,29,31)(H,30,32). The summed E-state index contributed by atoms with van der Waals surface area (Å²) >= 11 is 12.6. The van der Waals surface area contributed by atoms with E-state index in [1.165, 1.54) is 6.07 Å². The highest BCUT2D eigenvalue weighted by molar-refractivity contribution is 6.36. The number of nitrogens with two attached hydrogens (primary N) is 1. The number of aryl methyl sites for hydroxylation is 1. The summed E-state index contributed by atoms with van der Waals surface area (Å²) in [7, 11) is 2.14. The highest BCUT2D eigenvalue weighted by Crippen LogP contribution is 2.31. The van der Waals surface area contributed by atoms with Gasteiger partial charge >= 0.3 is 5.69 Å². The average Bonchev–Trinajstić information content (AvgIpc) is 3.30. The molecule has 1 aromatic carbocycles. The molecule has 11 nitrogen and oxygen atoms in total. The minimum atomic E-state index is -0.534. The van der Waals surface area contributed by atoms with Gasteiger partial charge in [-0.05, 0) is 50.2 Å². The number of nitrogen functional groups attached to an aromatic ring is 1. The number of likely N-dealkylation sites (N-methyl/N-ethyl adjacent to an activating group) is 1. The number of fused-ring (bicyclic) bond motifs is 1. The van der Waals surface area contributed by atoms with Crippen LogP contribution in [0.4, 0.5) is 17.3 Å². The number of benzene rings is 1. The Bertz CT molecular complexity index is 1500. The topological polar surface area (TPSA) is 131 Å². The summed E-state index contributed by atoms with van der Waals surface area (Å²) in [4.78, 5) is 24.3. The number of pyridine rings is 1. The van der Waals surface area contributed by atoms with Gasteiger partial charge in [0.2, 0.25) is 5.82 Å². The molecule has 1 aliphatic heterocycles. The van der Waals surface area contributed by atoms with Gasteiger partial charge in [0.15, 0.2) is 5.82 Å². The maximum Gasteiger partial charge on any atom is 0.311 e. The second-order valence-corrected chi connectivity index (χ2v) is 10.5. The lowest BCUT2D eigenvalue weighted by atomic mass is 10.1. The fourth-order valence-electron chi connectivity index (χ4n) is 4.59. The molecule has 0 unspecified atom stereocenters. The molecule has 4 aromatic rings. The Morgan fingerprint density at radius 1 is 1.08 bits per heavy atom. The van der Waals surface area contributed by atoms with Crippen molar-refractivity contribution in [2.24, 2.45) is 0 Å². The summed E-state index contributed by atoms with van der Waals surface area (Å²) in [5.41, 5.74) is 9.51. The molecular formula is C26H29Cl2N9O2. The number of nitrogens with one attached hydrogen (secondary N) is 1. The smallest absolute Gasteiger partial charge is 0.311 e. The van der Waals surface area contributed by atoms with Crippen LogP contribution in [0.3, 0.4) is 0 Å². The van der Waals surface area contributed by atoms with Crippen LogP contribution >= 0.6 is 23.2 Å². The van der Waals surface area contributed by atoms with Crippen molar-refractivity contribution in [1.82, 2.24) is 29.4 Å². The van der Waals surface area contributed by atoms with Crippen LogP contribution in [0.1, 0.15) is 17.8 Å². The van der Waals surface area contributed by atoms with Crippen LogP contribution in [-0.2, 0) is 13.0 Å². The quantitative estimate of drug-likeness (QED) is 0.171. The van der Waals surface area contributed by atoms with Gasteiger partial charge in [-0.15, -0.1) is 0 Å². The highest BCUT2D eigenvalue weighted by atomic mass is 35.5. The molecule has 4 heterocycles. The average molecular weight is 570 g/mol. The Morgan fingerprint density at radius 3 is 2.59 bits per heavy atom. The largest absolute Gasteiger partial charge is 0.378 e. The van der Waals surface area contributed by atoms with Gasteiger partial charge in [0.25, 0.3) is 0 Å². The number of aromatic nitrogens is 4. The van der Waals surface area contributed by atoms with Gasteiger partial charge in [-0.25, -0.2) is 14.5 Å². The van der Waals surface area contributed by atoms with E-state index in [0.717, 1.165) is 49.5 Å². The molecule has 0 saturated carbocycles. The zero-order valence-corrected chi connectivity index (χ0v) is 23.0. The van der Waals surface area contributed by atoms with Crippen molar-refractivity contribution in [3.8, 4) is 11.3 Å². The van der Waals surface area contributed by atoms with E-state index < -0.39 is 4.92 Å². The number of hydrogen-bond donors (Lipinski definition) is 2. The lowest BCUT2D eigenvalue weighted by Gasteiger charge is -2.31. The molecule has 13 heteroatoms. The summed E-state index contributed by atoms with van der Waals surface area (Å²) in [6, 6.07) is 10.4. The number of nitro groups is 1. The Morgan fingerprint density at radius 2 is 1.87 bits per heavy atom. The molecule has 0 atom stereocenters. The molecule has 1 aliphatic rings. The van der Waals surface area contributed by atoms with E-state index >= 15 is 0 Å². The Kier molecular flexibility index (Phi) is 8.12. The molecule has 3 aromatic heterocycles. The normalized spacial score (nSPS) is 14.6. The van der Waals surface area contributed by atoms with Gasteiger partial charge in [-0.3, -0.25) is 15.0 Å². The molecule has 0 aliphatic carbocycles. The van der Waals surface area contributed by atoms with Crippen molar-refractivity contribution < 1.29 is 4.92 Å². The van der Waals surface area contributed by atoms with Crippen molar-refractivity contribution >= 4 is 46.0 Å². The molecule has 0 amide bonds. The molecule has 1 fully saturated rings. The van der Waals surface area contributed by atoms with Crippen molar-refractivity contribution in [2.45, 2.75) is 19.4 Å². The number of nitrogens with zero attached hydrogens (tertiary/aromatic N) is 7. The fourth-order valence-corrected chi connectivity index (χ4v) is 5.10. The molecule has 0 bridgehead atoms. The van der Waals surface area contributed by atoms with Gasteiger partial charge in [0.1, 0.15) is 5.52 Å². The number of anilines is 2. The SMILES string of the molecule is CN1CCN(Cc2cc3c(NCCCc4ccc([N+](=O)[O-])c(N)n4)nc(-c4ccc(Cl)cc4Cl)cn3n2)CC1. The third-order valence-corrected chi connectivity index (χ3v) is 7.30. The van der Waals surface area contributed by atoms with E-state index in [1.54, 1.807) is 18.2 Å². The first kappa shape index (κ1) is 27.1. The summed E-state index contributed by atoms with van der Waals surface area (Å²) in [6.45, 7) is 5.44. The first-order valence-corrected chi connectivity index (χ1v) is 13.4. The molecule has 3 N–H and O–H groups in total. The van der Waals surface area contributed by atoms with Crippen LogP contribution in [0, 0.1) is 10.1 Å². The van der Waals surface area contributed by atoms with E-state index in [1.807, 2.05) is 16.8 Å². The van der Waals surface area contributed by atoms with E-state index in [-0.39, 0.29) is 11.5 Å². The third-order valence-electron chi connectivity index (χ3n) is 6.75. The lowest BCUT2D eigenvalue weighted by molar-refractivity contribution is -0.384. The molecule has 0 radical (unpaired) electrons. The van der Waals surface area contributed by atoms with Crippen molar-refractivity contribution in [2.75, 3.05) is 50.8 Å². The van der Waals surface area contributed by atoms with Crippen LogP contribution in [0.5, 0.6) is 0 Å². The summed E-state index contributed by atoms with van der Waals surface area (Å²) in [5, 5.41) is 20.4. The maximum atomic E-state index is 11.0. The first-order chi connectivity index (χ1) is 18.8. The van der Waals surface area contributed by atoms with Crippen LogP contribution in [0.25, 0.3) is 16.8 Å². The summed E-state index contributed by atoms with van der Waals surface area (Å²) in [6.07, 6.45) is 3.20. The van der Waals surface area contributed by atoms with Crippen LogP contribution < -0.4 is 11.1 Å². The molecule has 1 saturated heterocycles. The first-order valence-electron chi connectivity index (χ1n) is 12.7. The maximum absolute atomic E-state index is 11.0. The van der Waals surface area contributed by atoms with Gasteiger partial charge in [0.05, 0.1) is 27.5 Å². The minimum absolute atomic E-state index is 0.0754. The van der Waals surface area contributed by atoms with Crippen molar-refractivity contribution in [3.05, 3.63) is 74.1 Å². The van der Waals surface area contributed by atoms with Crippen LogP contribution in [0.2, 0.25) is 10.0 Å². The van der Waals surface area contributed by atoms with E-state index in [9.17, 15) is 10.1 Å². The number of piperazine rings is 1. The summed E-state index contributed by atoms with van der Waals surface area (Å²) in [5.74, 6) is 0.611. The predicted molar refractivity (Wildman–Crippen MR) is 153 cm³/mol. The monoisotopic (exact) mass is 569 g/mol. The van der Waals surface area contributed by atoms with E-state index in [0.29, 0.717) is 46.6 Å². The Labute approximate surface area is 235 Å². The second kappa shape index (κ2) is 11.7. The fraction of sp³-hybridized carbons (Fsp3) is 0.346. The second-order valence-electron chi connectivity index (χ2n) is 9.64. The third kappa shape index (κ3) is 6.39. The predicted octanol–water partition coefficient (Wildman–Crippen LogP) is 4.38. The molecular weight excluding hydrogens is 541 g/mol. The van der Waals surface area contributed by atoms with Gasteiger partial charge in [-0.2, -0.15) is 5.10 Å². The summed E-state index contributed by atoms with van der Waals surface area (Å²) < 4.78 is 1.85. The van der Waals surface area contributed by atoms with E-state index in [2.05, 4.69) is 33.2 Å². The Balaban J connectivity index is 1.36. The molecule has 5 rings (SSSR count). The zero-order valence-electron chi connectivity index (χ0n) is 21.5. The molecule has 0 spiro atoms. The lowest BCUT2D eigenvalue weighted by Crippen LogP contribution is -2.43.